The Morgan fingerprint density at radius 2 is 1.73 bits per heavy atom. The number of carbonyl (C=O) groups excluding carboxylic acids is 1. The van der Waals surface area contributed by atoms with Gasteiger partial charge in [0.1, 0.15) is 0 Å². The molecule has 1 saturated heterocycles. The standard InChI is InChI=1S/C20H20ClF3N2O3S/c1-13-5-7-15(12-16(13)19(27)26-9-3-2-4-10-26)30(28,29)25-14-6-8-18(21)17(11-14)20(22,23)24/h5-8,11-12,25H,2-4,9-10H2,1H3. The third-order valence-corrected chi connectivity index (χ3v) is 6.63. The Balaban J connectivity index is 1.91. The first-order valence-electron chi connectivity index (χ1n) is 9.28. The molecule has 0 saturated carbocycles. The number of halogens is 4. The lowest BCUT2D eigenvalue weighted by atomic mass is 10.1. The summed E-state index contributed by atoms with van der Waals surface area (Å²) in [6, 6.07) is 6.83. The predicted octanol–water partition coefficient (Wildman–Crippen LogP) is 5.09. The normalized spacial score (nSPS) is 15.2. The minimum atomic E-state index is -4.73. The van der Waals surface area contributed by atoms with E-state index in [0.29, 0.717) is 24.7 Å². The molecule has 0 atom stereocenters. The highest BCUT2D eigenvalue weighted by Gasteiger charge is 2.33. The van der Waals surface area contributed by atoms with E-state index in [-0.39, 0.29) is 22.1 Å². The van der Waals surface area contributed by atoms with E-state index >= 15 is 0 Å². The summed E-state index contributed by atoms with van der Waals surface area (Å²) in [5.74, 6) is -0.255. The largest absolute Gasteiger partial charge is 0.417 e. The van der Waals surface area contributed by atoms with Gasteiger partial charge in [-0.15, -0.1) is 0 Å². The van der Waals surface area contributed by atoms with Gasteiger partial charge in [0.15, 0.2) is 0 Å². The number of aryl methyl sites for hydroxylation is 1. The second-order valence-corrected chi connectivity index (χ2v) is 9.22. The van der Waals surface area contributed by atoms with E-state index < -0.39 is 26.8 Å². The molecule has 1 amide bonds. The van der Waals surface area contributed by atoms with E-state index in [4.69, 9.17) is 11.6 Å². The first-order valence-corrected chi connectivity index (χ1v) is 11.1. The number of anilines is 1. The molecular formula is C20H20ClF3N2O3S. The fourth-order valence-corrected chi connectivity index (χ4v) is 4.59. The molecule has 1 heterocycles. The van der Waals surface area contributed by atoms with E-state index in [0.717, 1.165) is 31.4 Å². The first kappa shape index (κ1) is 22.4. The minimum absolute atomic E-state index is 0.211. The SMILES string of the molecule is Cc1ccc(S(=O)(=O)Nc2ccc(Cl)c(C(F)(F)F)c2)cc1C(=O)N1CCCCC1. The molecule has 5 nitrogen and oxygen atoms in total. The summed E-state index contributed by atoms with van der Waals surface area (Å²) < 4.78 is 66.8. The molecule has 3 rings (SSSR count). The maximum absolute atomic E-state index is 13.0. The van der Waals surface area contributed by atoms with Crippen LogP contribution in [0.2, 0.25) is 5.02 Å². The molecule has 1 aliphatic heterocycles. The molecule has 10 heteroatoms. The van der Waals surface area contributed by atoms with Crippen molar-refractivity contribution in [3.05, 3.63) is 58.1 Å². The lowest BCUT2D eigenvalue weighted by Crippen LogP contribution is -2.36. The zero-order chi connectivity index (χ0) is 22.1. The first-order chi connectivity index (χ1) is 14.0. The van der Waals surface area contributed by atoms with Crippen molar-refractivity contribution in [2.75, 3.05) is 17.8 Å². The zero-order valence-corrected chi connectivity index (χ0v) is 17.7. The van der Waals surface area contributed by atoms with Crippen molar-refractivity contribution in [1.82, 2.24) is 4.90 Å². The van der Waals surface area contributed by atoms with Gasteiger partial charge in [-0.1, -0.05) is 17.7 Å². The van der Waals surface area contributed by atoms with Crippen LogP contribution in [-0.2, 0) is 16.2 Å². The smallest absolute Gasteiger partial charge is 0.339 e. The van der Waals surface area contributed by atoms with Crippen LogP contribution >= 0.6 is 11.6 Å². The predicted molar refractivity (Wildman–Crippen MR) is 108 cm³/mol. The monoisotopic (exact) mass is 460 g/mol. The van der Waals surface area contributed by atoms with Gasteiger partial charge in [0.25, 0.3) is 15.9 Å². The van der Waals surface area contributed by atoms with Crippen LogP contribution in [0.1, 0.15) is 40.7 Å². The number of carbonyl (C=O) groups is 1. The molecule has 0 aliphatic carbocycles. The van der Waals surface area contributed by atoms with Gasteiger partial charge in [0.05, 0.1) is 15.5 Å². The van der Waals surface area contributed by atoms with Gasteiger partial charge in [0, 0.05) is 24.3 Å². The molecule has 0 aromatic heterocycles. The summed E-state index contributed by atoms with van der Waals surface area (Å²) in [6.45, 7) is 2.92. The van der Waals surface area contributed by atoms with Gasteiger partial charge in [-0.2, -0.15) is 13.2 Å². The van der Waals surface area contributed by atoms with Gasteiger partial charge >= 0.3 is 6.18 Å². The summed E-state index contributed by atoms with van der Waals surface area (Å²) in [7, 11) is -4.22. The number of hydrogen-bond acceptors (Lipinski definition) is 3. The molecule has 0 bridgehead atoms. The van der Waals surface area contributed by atoms with Gasteiger partial charge < -0.3 is 4.90 Å². The molecule has 0 radical (unpaired) electrons. The lowest BCUT2D eigenvalue weighted by molar-refractivity contribution is -0.137. The third-order valence-electron chi connectivity index (χ3n) is 4.92. The second-order valence-electron chi connectivity index (χ2n) is 7.13. The number of nitrogens with one attached hydrogen (secondary N) is 1. The Labute approximate surface area is 177 Å². The van der Waals surface area contributed by atoms with Gasteiger partial charge in [-0.25, -0.2) is 8.42 Å². The van der Waals surface area contributed by atoms with Crippen molar-refractivity contribution < 1.29 is 26.4 Å². The van der Waals surface area contributed by atoms with Crippen molar-refractivity contribution in [2.45, 2.75) is 37.3 Å². The Hall–Kier alpha value is -2.26. The lowest BCUT2D eigenvalue weighted by Gasteiger charge is -2.27. The average Bonchev–Trinajstić information content (AvgIpc) is 2.69. The highest BCUT2D eigenvalue weighted by molar-refractivity contribution is 7.92. The Bertz CT molecular complexity index is 1070. The van der Waals surface area contributed by atoms with E-state index in [1.807, 2.05) is 0 Å². The quantitative estimate of drug-likeness (QED) is 0.690. The number of hydrogen-bond donors (Lipinski definition) is 1. The van der Waals surface area contributed by atoms with E-state index in [9.17, 15) is 26.4 Å². The Morgan fingerprint density at radius 3 is 2.37 bits per heavy atom. The molecule has 30 heavy (non-hydrogen) atoms. The van der Waals surface area contributed by atoms with Gasteiger partial charge in [0.2, 0.25) is 0 Å². The fraction of sp³-hybridized carbons (Fsp3) is 0.350. The van der Waals surface area contributed by atoms with Crippen molar-refractivity contribution in [3.63, 3.8) is 0 Å². The maximum Gasteiger partial charge on any atom is 0.417 e. The van der Waals surface area contributed by atoms with Gasteiger partial charge in [-0.3, -0.25) is 9.52 Å². The van der Waals surface area contributed by atoms with Crippen molar-refractivity contribution in [3.8, 4) is 0 Å². The van der Waals surface area contributed by atoms with Crippen LogP contribution in [0.25, 0.3) is 0 Å². The number of nitrogens with zero attached hydrogens (tertiary/aromatic N) is 1. The number of rotatable bonds is 4. The molecule has 1 aliphatic rings. The van der Waals surface area contributed by atoms with Crippen LogP contribution in [-0.4, -0.2) is 32.3 Å². The highest BCUT2D eigenvalue weighted by Crippen LogP contribution is 2.36. The van der Waals surface area contributed by atoms with E-state index in [1.54, 1.807) is 11.8 Å². The van der Waals surface area contributed by atoms with Crippen LogP contribution in [0, 0.1) is 6.92 Å². The summed E-state index contributed by atoms with van der Waals surface area (Å²) in [6.07, 6.45) is -1.90. The van der Waals surface area contributed by atoms with Crippen molar-refractivity contribution in [2.24, 2.45) is 0 Å². The topological polar surface area (TPSA) is 66.5 Å². The number of amides is 1. The summed E-state index contributed by atoms with van der Waals surface area (Å²) in [5, 5.41) is -0.532. The molecule has 1 N–H and O–H groups in total. The summed E-state index contributed by atoms with van der Waals surface area (Å²) in [4.78, 5) is 14.3. The number of likely N-dealkylation sites (tertiary alicyclic amines) is 1. The third kappa shape index (κ3) is 4.89. The Kier molecular flexibility index (Phi) is 6.33. The minimum Gasteiger partial charge on any atom is -0.339 e. The molecule has 2 aromatic rings. The van der Waals surface area contributed by atoms with Crippen LogP contribution in [0.3, 0.4) is 0 Å². The maximum atomic E-state index is 13.0. The number of piperidine rings is 1. The molecule has 2 aromatic carbocycles. The van der Waals surface area contributed by atoms with E-state index in [2.05, 4.69) is 4.72 Å². The summed E-state index contributed by atoms with van der Waals surface area (Å²) >= 11 is 5.58. The van der Waals surface area contributed by atoms with Crippen molar-refractivity contribution >= 4 is 33.2 Å². The fourth-order valence-electron chi connectivity index (χ4n) is 3.29. The van der Waals surface area contributed by atoms with Gasteiger partial charge in [-0.05, 0) is 62.1 Å². The molecule has 0 unspecified atom stereocenters. The Morgan fingerprint density at radius 1 is 1.07 bits per heavy atom. The molecule has 162 valence electrons. The highest BCUT2D eigenvalue weighted by atomic mass is 35.5. The number of benzene rings is 2. The van der Waals surface area contributed by atoms with E-state index in [1.165, 1.54) is 18.2 Å². The number of alkyl halides is 3. The van der Waals surface area contributed by atoms with Crippen LogP contribution < -0.4 is 4.72 Å². The molecule has 0 spiro atoms. The van der Waals surface area contributed by atoms with Crippen LogP contribution in [0.5, 0.6) is 0 Å². The molecule has 1 fully saturated rings. The van der Waals surface area contributed by atoms with Crippen LogP contribution in [0.15, 0.2) is 41.3 Å². The van der Waals surface area contributed by atoms with Crippen LogP contribution in [0.4, 0.5) is 18.9 Å². The number of sulfonamides is 1. The zero-order valence-electron chi connectivity index (χ0n) is 16.1. The molecular weight excluding hydrogens is 441 g/mol. The van der Waals surface area contributed by atoms with Crippen molar-refractivity contribution in [1.29, 1.82) is 0 Å². The summed E-state index contributed by atoms with van der Waals surface area (Å²) in [5.41, 5.74) is -0.548. The second kappa shape index (κ2) is 8.47. The average molecular weight is 461 g/mol.